The van der Waals surface area contributed by atoms with Crippen LogP contribution in [0.25, 0.3) is 0 Å². The summed E-state index contributed by atoms with van der Waals surface area (Å²) in [6.07, 6.45) is 15.6. The summed E-state index contributed by atoms with van der Waals surface area (Å²) in [4.78, 5) is 0. The fourth-order valence-corrected chi connectivity index (χ4v) is 11.7. The van der Waals surface area contributed by atoms with E-state index in [1.807, 2.05) is 4.68 Å². The number of unbranched alkanes of at least 4 members (excludes halogenated alkanes) is 5. The van der Waals surface area contributed by atoms with Crippen molar-refractivity contribution in [3.63, 3.8) is 0 Å². The van der Waals surface area contributed by atoms with E-state index in [2.05, 4.69) is 105 Å². The van der Waals surface area contributed by atoms with Crippen LogP contribution < -0.4 is 10.4 Å². The number of aromatic nitrogens is 3. The largest absolute Gasteiger partial charge is 0.405 e. The van der Waals surface area contributed by atoms with Gasteiger partial charge in [0.1, 0.15) is 11.8 Å². The maximum Gasteiger partial charge on any atom is 0.261 e. The van der Waals surface area contributed by atoms with Crippen LogP contribution in [0.5, 0.6) is 0 Å². The van der Waals surface area contributed by atoms with E-state index >= 15 is 0 Å². The van der Waals surface area contributed by atoms with Gasteiger partial charge in [0.25, 0.3) is 8.32 Å². The fraction of sp³-hybridized carbons (Fsp3) is 0.611. The Bertz CT molecular complexity index is 1200. The first-order chi connectivity index (χ1) is 20.9. The Kier molecular flexibility index (Phi) is 10.9. The lowest BCUT2D eigenvalue weighted by Crippen LogP contribution is -2.67. The van der Waals surface area contributed by atoms with Crippen LogP contribution in [0.2, 0.25) is 5.04 Å². The number of rotatable bonds is 13. The molecule has 3 atom stereocenters. The van der Waals surface area contributed by atoms with Crippen molar-refractivity contribution in [2.75, 3.05) is 6.61 Å². The van der Waals surface area contributed by atoms with Gasteiger partial charge in [-0.15, -0.1) is 5.10 Å². The van der Waals surface area contributed by atoms with E-state index in [0.29, 0.717) is 6.61 Å². The standard InChI is InChI=1S/C36H53N3O3Si/c1-5-6-7-8-9-16-27-39-28-33(37-38-39)34-24-18-26-36(42-34)25-17-19-30(41-36)29-40-43(35(2,3)4,31-20-12-10-13-21-31)32-22-14-11-15-23-32/h10-15,20-23,28,30,34H,5-9,16-19,24-27,29H2,1-4H3/t30-,34-,36-/m0/s1. The summed E-state index contributed by atoms with van der Waals surface area (Å²) in [5.74, 6) is -0.566. The second-order valence-electron chi connectivity index (χ2n) is 13.7. The minimum atomic E-state index is -2.62. The minimum absolute atomic E-state index is 0.00228. The predicted octanol–water partition coefficient (Wildman–Crippen LogP) is 7.72. The smallest absolute Gasteiger partial charge is 0.261 e. The van der Waals surface area contributed by atoms with E-state index in [-0.39, 0.29) is 17.2 Å². The van der Waals surface area contributed by atoms with Crippen LogP contribution >= 0.6 is 0 Å². The molecule has 1 spiro atoms. The molecule has 0 N–H and O–H groups in total. The average molecular weight is 604 g/mol. The first kappa shape index (κ1) is 32.1. The summed E-state index contributed by atoms with van der Waals surface area (Å²) in [5.41, 5.74) is 0.944. The third-order valence-electron chi connectivity index (χ3n) is 9.38. The molecule has 0 aliphatic carbocycles. The molecule has 2 saturated heterocycles. The lowest BCUT2D eigenvalue weighted by atomic mass is 9.92. The highest BCUT2D eigenvalue weighted by molar-refractivity contribution is 6.99. The molecule has 2 aliphatic heterocycles. The van der Waals surface area contributed by atoms with E-state index in [1.54, 1.807) is 0 Å². The molecular weight excluding hydrogens is 551 g/mol. The molecule has 234 valence electrons. The Labute approximate surface area is 260 Å². The van der Waals surface area contributed by atoms with Crippen molar-refractivity contribution in [3.05, 3.63) is 72.6 Å². The molecule has 0 saturated carbocycles. The molecule has 0 amide bonds. The Morgan fingerprint density at radius 3 is 2.14 bits per heavy atom. The van der Waals surface area contributed by atoms with Crippen LogP contribution in [0.3, 0.4) is 0 Å². The summed E-state index contributed by atoms with van der Waals surface area (Å²) in [6, 6.07) is 21.8. The lowest BCUT2D eigenvalue weighted by molar-refractivity contribution is -0.319. The van der Waals surface area contributed by atoms with Gasteiger partial charge in [-0.1, -0.05) is 126 Å². The van der Waals surface area contributed by atoms with Gasteiger partial charge >= 0.3 is 0 Å². The molecular formula is C36H53N3O3Si. The zero-order valence-corrected chi connectivity index (χ0v) is 28.0. The van der Waals surface area contributed by atoms with E-state index in [1.165, 1.54) is 42.5 Å². The van der Waals surface area contributed by atoms with Crippen molar-refractivity contribution in [1.82, 2.24) is 15.0 Å². The topological polar surface area (TPSA) is 58.4 Å². The van der Waals surface area contributed by atoms with Crippen LogP contribution in [-0.2, 0) is 20.4 Å². The van der Waals surface area contributed by atoms with Crippen molar-refractivity contribution in [3.8, 4) is 0 Å². The highest BCUT2D eigenvalue weighted by atomic mass is 28.4. The van der Waals surface area contributed by atoms with Crippen LogP contribution in [-0.4, -0.2) is 41.8 Å². The van der Waals surface area contributed by atoms with Crippen LogP contribution in [0.15, 0.2) is 66.9 Å². The third-order valence-corrected chi connectivity index (χ3v) is 14.4. The molecule has 3 aromatic rings. The highest BCUT2D eigenvalue weighted by Gasteiger charge is 2.51. The second-order valence-corrected chi connectivity index (χ2v) is 18.0. The number of hydrogen-bond acceptors (Lipinski definition) is 5. The Balaban J connectivity index is 1.25. The van der Waals surface area contributed by atoms with Crippen molar-refractivity contribution < 1.29 is 13.9 Å². The van der Waals surface area contributed by atoms with Gasteiger partial charge in [-0.25, -0.2) is 0 Å². The SMILES string of the molecule is CCCCCCCCn1cc([C@@H]2CCC[C@]3(CCC[C@@H](CO[Si](c4ccccc4)(c4ccccc4)C(C)(C)C)O3)O2)nn1. The van der Waals surface area contributed by atoms with Gasteiger partial charge in [-0.3, -0.25) is 4.68 Å². The minimum Gasteiger partial charge on any atom is -0.405 e. The van der Waals surface area contributed by atoms with E-state index in [4.69, 9.17) is 13.9 Å². The van der Waals surface area contributed by atoms with Crippen molar-refractivity contribution in [2.45, 2.75) is 134 Å². The first-order valence-electron chi connectivity index (χ1n) is 16.9. The molecule has 43 heavy (non-hydrogen) atoms. The Morgan fingerprint density at radius 2 is 1.49 bits per heavy atom. The van der Waals surface area contributed by atoms with Crippen molar-refractivity contribution >= 4 is 18.7 Å². The van der Waals surface area contributed by atoms with Gasteiger partial charge in [-0.2, -0.15) is 0 Å². The summed E-state index contributed by atoms with van der Waals surface area (Å²) in [6.45, 7) is 10.7. The predicted molar refractivity (Wildman–Crippen MR) is 176 cm³/mol. The zero-order valence-electron chi connectivity index (χ0n) is 27.0. The normalized spacial score (nSPS) is 23.1. The quantitative estimate of drug-likeness (QED) is 0.148. The second kappa shape index (κ2) is 14.6. The molecule has 2 aromatic carbocycles. The molecule has 2 aliphatic rings. The van der Waals surface area contributed by atoms with Gasteiger partial charge in [0.05, 0.1) is 18.9 Å². The maximum absolute atomic E-state index is 7.26. The van der Waals surface area contributed by atoms with Crippen LogP contribution in [0, 0.1) is 0 Å². The molecule has 0 radical (unpaired) electrons. The van der Waals surface area contributed by atoms with Crippen molar-refractivity contribution in [1.29, 1.82) is 0 Å². The van der Waals surface area contributed by atoms with Gasteiger partial charge in [0.2, 0.25) is 0 Å². The van der Waals surface area contributed by atoms with E-state index < -0.39 is 14.1 Å². The van der Waals surface area contributed by atoms with Gasteiger partial charge in [0, 0.05) is 19.4 Å². The lowest BCUT2D eigenvalue weighted by Gasteiger charge is -2.47. The molecule has 1 aromatic heterocycles. The number of benzene rings is 2. The number of ether oxygens (including phenoxy) is 2. The summed E-state index contributed by atoms with van der Waals surface area (Å²) < 4.78 is 22.9. The molecule has 2 fully saturated rings. The average Bonchev–Trinajstić information content (AvgIpc) is 3.49. The van der Waals surface area contributed by atoms with Gasteiger partial charge in [-0.05, 0) is 47.5 Å². The Hall–Kier alpha value is -2.32. The summed E-state index contributed by atoms with van der Waals surface area (Å²) >= 11 is 0. The highest BCUT2D eigenvalue weighted by Crippen LogP contribution is 2.44. The molecule has 6 nitrogen and oxygen atoms in total. The molecule has 5 rings (SSSR count). The van der Waals surface area contributed by atoms with Crippen LogP contribution in [0.1, 0.15) is 117 Å². The molecule has 7 heteroatoms. The third kappa shape index (κ3) is 7.67. The maximum atomic E-state index is 7.26. The molecule has 0 bridgehead atoms. The number of hydrogen-bond donors (Lipinski definition) is 0. The number of aryl methyl sites for hydroxylation is 1. The zero-order chi connectivity index (χ0) is 30.2. The van der Waals surface area contributed by atoms with E-state index in [0.717, 1.165) is 57.2 Å². The first-order valence-corrected chi connectivity index (χ1v) is 18.8. The van der Waals surface area contributed by atoms with E-state index in [9.17, 15) is 0 Å². The summed E-state index contributed by atoms with van der Waals surface area (Å²) in [5, 5.41) is 11.5. The number of nitrogens with zero attached hydrogens (tertiary/aromatic N) is 3. The van der Waals surface area contributed by atoms with Crippen LogP contribution in [0.4, 0.5) is 0 Å². The van der Waals surface area contributed by atoms with Crippen molar-refractivity contribution in [2.24, 2.45) is 0 Å². The molecule has 3 heterocycles. The summed E-state index contributed by atoms with van der Waals surface area (Å²) in [7, 11) is -2.62. The van der Waals surface area contributed by atoms with Gasteiger partial charge in [0.15, 0.2) is 5.79 Å². The monoisotopic (exact) mass is 603 g/mol. The molecule has 0 unspecified atom stereocenters. The Morgan fingerprint density at radius 1 is 0.860 bits per heavy atom. The van der Waals surface area contributed by atoms with Gasteiger partial charge < -0.3 is 13.9 Å². The fourth-order valence-electron chi connectivity index (χ4n) is 7.15.